The number of methoxy groups -OCH3 is 1. The van der Waals surface area contributed by atoms with Gasteiger partial charge in [-0.05, 0) is 53.9 Å². The van der Waals surface area contributed by atoms with E-state index in [-0.39, 0.29) is 11.7 Å². The topological polar surface area (TPSA) is 58.6 Å². The van der Waals surface area contributed by atoms with E-state index < -0.39 is 0 Å². The van der Waals surface area contributed by atoms with E-state index in [1.807, 2.05) is 6.07 Å². The van der Waals surface area contributed by atoms with E-state index in [4.69, 9.17) is 4.74 Å². The molecule has 0 atom stereocenters. The van der Waals surface area contributed by atoms with Crippen molar-refractivity contribution in [2.24, 2.45) is 0 Å². The summed E-state index contributed by atoms with van der Waals surface area (Å²) < 4.78 is 6.03. The van der Waals surface area contributed by atoms with Crippen LogP contribution in [0.25, 0.3) is 10.8 Å². The molecular weight excluding hydrogens is 358 g/mol. The Labute approximate surface area is 141 Å². The average molecular weight is 372 g/mol. The molecule has 0 fully saturated rings. The van der Waals surface area contributed by atoms with Crippen LogP contribution in [0.5, 0.6) is 11.5 Å². The lowest BCUT2D eigenvalue weighted by Crippen LogP contribution is -2.12. The largest absolute Gasteiger partial charge is 0.508 e. The van der Waals surface area contributed by atoms with Crippen molar-refractivity contribution < 1.29 is 14.6 Å². The van der Waals surface area contributed by atoms with Gasteiger partial charge in [0.2, 0.25) is 0 Å². The predicted octanol–water partition coefficient (Wildman–Crippen LogP) is 4.57. The zero-order chi connectivity index (χ0) is 16.4. The van der Waals surface area contributed by atoms with E-state index in [1.54, 1.807) is 55.6 Å². The Hall–Kier alpha value is -2.53. The number of rotatable bonds is 3. The number of hydrogen-bond acceptors (Lipinski definition) is 3. The Morgan fingerprint density at radius 2 is 1.91 bits per heavy atom. The van der Waals surface area contributed by atoms with Crippen molar-refractivity contribution in [3.05, 3.63) is 64.6 Å². The van der Waals surface area contributed by atoms with Crippen molar-refractivity contribution in [1.82, 2.24) is 0 Å². The molecule has 0 spiro atoms. The molecule has 23 heavy (non-hydrogen) atoms. The molecule has 3 aromatic carbocycles. The Balaban J connectivity index is 1.99. The molecule has 116 valence electrons. The molecule has 2 N–H and O–H groups in total. The van der Waals surface area contributed by atoms with Crippen molar-refractivity contribution in [2.75, 3.05) is 12.4 Å². The number of carbonyl (C=O) groups is 1. The molecule has 0 aromatic heterocycles. The summed E-state index contributed by atoms with van der Waals surface area (Å²) in [6.45, 7) is 0. The molecule has 5 heteroatoms. The number of fused-ring (bicyclic) bond motifs is 1. The van der Waals surface area contributed by atoms with Crippen LogP contribution in [0, 0.1) is 0 Å². The second kappa shape index (κ2) is 6.30. The first-order valence-corrected chi connectivity index (χ1v) is 7.74. The molecule has 1 amide bonds. The number of benzene rings is 3. The maximum atomic E-state index is 12.5. The summed E-state index contributed by atoms with van der Waals surface area (Å²) >= 11 is 3.47. The van der Waals surface area contributed by atoms with Gasteiger partial charge in [0, 0.05) is 21.1 Å². The Morgan fingerprint density at radius 1 is 1.09 bits per heavy atom. The lowest BCUT2D eigenvalue weighted by molar-refractivity contribution is 0.102. The summed E-state index contributed by atoms with van der Waals surface area (Å²) in [5, 5.41) is 14.3. The van der Waals surface area contributed by atoms with Gasteiger partial charge in [0.1, 0.15) is 11.5 Å². The number of phenols is 1. The summed E-state index contributed by atoms with van der Waals surface area (Å²) in [4.78, 5) is 12.5. The number of carbonyl (C=O) groups excluding carboxylic acids is 1. The van der Waals surface area contributed by atoms with Crippen LogP contribution < -0.4 is 10.1 Å². The highest BCUT2D eigenvalue weighted by Crippen LogP contribution is 2.32. The first-order chi connectivity index (χ1) is 11.1. The third-order valence-corrected chi connectivity index (χ3v) is 4.22. The third-order valence-electron chi connectivity index (χ3n) is 3.53. The average Bonchev–Trinajstić information content (AvgIpc) is 2.57. The monoisotopic (exact) mass is 371 g/mol. The molecule has 0 saturated carbocycles. The van der Waals surface area contributed by atoms with E-state index >= 15 is 0 Å². The van der Waals surface area contributed by atoms with Gasteiger partial charge in [-0.1, -0.05) is 22.0 Å². The van der Waals surface area contributed by atoms with Gasteiger partial charge in [-0.2, -0.15) is 0 Å². The molecule has 0 aliphatic heterocycles. The summed E-state index contributed by atoms with van der Waals surface area (Å²) in [6.07, 6.45) is 0. The Bertz CT molecular complexity index is 893. The minimum atomic E-state index is -0.240. The van der Waals surface area contributed by atoms with E-state index in [2.05, 4.69) is 21.2 Å². The maximum Gasteiger partial charge on any atom is 0.255 e. The smallest absolute Gasteiger partial charge is 0.255 e. The number of nitrogens with one attached hydrogen (secondary N) is 1. The number of amides is 1. The summed E-state index contributed by atoms with van der Waals surface area (Å²) in [5.74, 6) is 0.527. The fourth-order valence-corrected chi connectivity index (χ4v) is 2.85. The molecular formula is C18H14BrNO3. The van der Waals surface area contributed by atoms with Gasteiger partial charge >= 0.3 is 0 Å². The number of halogens is 1. The Morgan fingerprint density at radius 3 is 2.70 bits per heavy atom. The molecule has 0 saturated heterocycles. The van der Waals surface area contributed by atoms with Gasteiger partial charge in [0.05, 0.1) is 7.11 Å². The fourth-order valence-electron chi connectivity index (χ4n) is 2.37. The van der Waals surface area contributed by atoms with Crippen molar-refractivity contribution in [3.63, 3.8) is 0 Å². The van der Waals surface area contributed by atoms with Gasteiger partial charge in [-0.3, -0.25) is 4.79 Å². The number of anilines is 1. The van der Waals surface area contributed by atoms with E-state index in [9.17, 15) is 9.90 Å². The minimum absolute atomic E-state index is 0.146. The van der Waals surface area contributed by atoms with Crippen LogP contribution in [0.3, 0.4) is 0 Å². The Kier molecular flexibility index (Phi) is 4.21. The van der Waals surface area contributed by atoms with Crippen molar-refractivity contribution in [2.45, 2.75) is 0 Å². The molecule has 4 nitrogen and oxygen atoms in total. The first-order valence-electron chi connectivity index (χ1n) is 6.95. The van der Waals surface area contributed by atoms with E-state index in [0.29, 0.717) is 17.0 Å². The van der Waals surface area contributed by atoms with Gasteiger partial charge in [-0.25, -0.2) is 0 Å². The lowest BCUT2D eigenvalue weighted by Gasteiger charge is -2.11. The van der Waals surface area contributed by atoms with Crippen molar-refractivity contribution in [1.29, 1.82) is 0 Å². The van der Waals surface area contributed by atoms with Crippen LogP contribution in [0.15, 0.2) is 59.1 Å². The van der Waals surface area contributed by atoms with Crippen LogP contribution in [-0.2, 0) is 0 Å². The normalized spacial score (nSPS) is 10.5. The van der Waals surface area contributed by atoms with Gasteiger partial charge < -0.3 is 15.2 Å². The number of phenolic OH excluding ortho intramolecular Hbond substituents is 1. The minimum Gasteiger partial charge on any atom is -0.508 e. The summed E-state index contributed by atoms with van der Waals surface area (Å²) in [7, 11) is 1.56. The zero-order valence-corrected chi connectivity index (χ0v) is 13.9. The molecule has 0 bridgehead atoms. The molecule has 0 aliphatic rings. The molecule has 0 heterocycles. The second-order valence-corrected chi connectivity index (χ2v) is 5.87. The fraction of sp³-hybridized carbons (Fsp3) is 0.0556. The van der Waals surface area contributed by atoms with Crippen LogP contribution in [-0.4, -0.2) is 18.1 Å². The number of hydrogen-bond donors (Lipinski definition) is 2. The predicted molar refractivity (Wildman–Crippen MR) is 94.3 cm³/mol. The van der Waals surface area contributed by atoms with E-state index in [0.717, 1.165) is 15.2 Å². The molecule has 3 aromatic rings. The van der Waals surface area contributed by atoms with Crippen molar-refractivity contribution in [3.8, 4) is 11.5 Å². The second-order valence-electron chi connectivity index (χ2n) is 5.01. The highest BCUT2D eigenvalue weighted by atomic mass is 79.9. The molecule has 0 radical (unpaired) electrons. The van der Waals surface area contributed by atoms with Gasteiger partial charge in [-0.15, -0.1) is 0 Å². The summed E-state index contributed by atoms with van der Waals surface area (Å²) in [6, 6.07) is 15.6. The molecule has 0 unspecified atom stereocenters. The zero-order valence-electron chi connectivity index (χ0n) is 12.3. The van der Waals surface area contributed by atoms with Crippen LogP contribution in [0.4, 0.5) is 5.69 Å². The number of ether oxygens (including phenoxy) is 1. The molecule has 3 rings (SSSR count). The third kappa shape index (κ3) is 3.14. The SMILES string of the molecule is COc1cccc(C(=O)Nc2ccc(Br)c3ccc(O)cc23)c1. The van der Waals surface area contributed by atoms with Crippen molar-refractivity contribution >= 4 is 38.3 Å². The standard InChI is InChI=1S/C18H14BrNO3/c1-23-13-4-2-3-11(9-13)18(22)20-17-8-7-16(19)14-6-5-12(21)10-15(14)17/h2-10,21H,1H3,(H,20,22). The quantitative estimate of drug-likeness (QED) is 0.708. The number of aromatic hydroxyl groups is 1. The summed E-state index contributed by atoms with van der Waals surface area (Å²) in [5.41, 5.74) is 1.13. The van der Waals surface area contributed by atoms with Gasteiger partial charge in [0.15, 0.2) is 0 Å². The van der Waals surface area contributed by atoms with Crippen LogP contribution in [0.2, 0.25) is 0 Å². The highest BCUT2D eigenvalue weighted by molar-refractivity contribution is 9.10. The first kappa shape index (κ1) is 15.4. The van der Waals surface area contributed by atoms with Crippen LogP contribution >= 0.6 is 15.9 Å². The van der Waals surface area contributed by atoms with Gasteiger partial charge in [0.25, 0.3) is 5.91 Å². The molecule has 0 aliphatic carbocycles. The maximum absolute atomic E-state index is 12.5. The lowest BCUT2D eigenvalue weighted by atomic mass is 10.1. The van der Waals surface area contributed by atoms with Crippen LogP contribution in [0.1, 0.15) is 10.4 Å². The van der Waals surface area contributed by atoms with E-state index in [1.165, 1.54) is 0 Å². The highest BCUT2D eigenvalue weighted by Gasteiger charge is 2.11.